The molecule has 3 nitrogen and oxygen atoms in total. The van der Waals surface area contributed by atoms with Crippen LogP contribution in [0.1, 0.15) is 29.2 Å². The molecule has 1 heterocycles. The summed E-state index contributed by atoms with van der Waals surface area (Å²) in [6.07, 6.45) is 2.52. The smallest absolute Gasteiger partial charge is 0.304 e. The van der Waals surface area contributed by atoms with Gasteiger partial charge in [0, 0.05) is 17.8 Å². The van der Waals surface area contributed by atoms with Crippen LogP contribution in [0.2, 0.25) is 0 Å². The highest BCUT2D eigenvalue weighted by Gasteiger charge is 2.18. The number of hydrogen-bond donors (Lipinski definition) is 1. The summed E-state index contributed by atoms with van der Waals surface area (Å²) in [4.78, 5) is 15.3. The lowest BCUT2D eigenvalue weighted by Crippen LogP contribution is -2.11. The quantitative estimate of drug-likeness (QED) is 0.892. The summed E-state index contributed by atoms with van der Waals surface area (Å²) in [6, 6.07) is 13.7. The van der Waals surface area contributed by atoms with Gasteiger partial charge < -0.3 is 5.11 Å². The van der Waals surface area contributed by atoms with E-state index in [4.69, 9.17) is 5.11 Å². The summed E-state index contributed by atoms with van der Waals surface area (Å²) in [5, 5.41) is 9.06. The van der Waals surface area contributed by atoms with E-state index in [1.165, 1.54) is 11.1 Å². The summed E-state index contributed by atoms with van der Waals surface area (Å²) >= 11 is 0. The Morgan fingerprint density at radius 3 is 2.58 bits per heavy atom. The standard InChI is InChI=1S/C16H17NO2/c1-12-6-2-3-7-13(12)10-14(11-16(18)19)15-8-4-5-9-17-15/h2-9,14H,10-11H2,1H3,(H,18,19). The van der Waals surface area contributed by atoms with Gasteiger partial charge in [-0.3, -0.25) is 9.78 Å². The van der Waals surface area contributed by atoms with Crippen molar-refractivity contribution in [2.24, 2.45) is 0 Å². The summed E-state index contributed by atoms with van der Waals surface area (Å²) in [7, 11) is 0. The molecular weight excluding hydrogens is 238 g/mol. The first kappa shape index (κ1) is 13.3. The second-order valence-corrected chi connectivity index (χ2v) is 4.68. The van der Waals surface area contributed by atoms with Gasteiger partial charge in [-0.1, -0.05) is 30.3 Å². The van der Waals surface area contributed by atoms with Crippen LogP contribution in [-0.4, -0.2) is 16.1 Å². The Labute approximate surface area is 112 Å². The highest BCUT2D eigenvalue weighted by molar-refractivity contribution is 5.68. The molecular formula is C16H17NO2. The van der Waals surface area contributed by atoms with Crippen LogP contribution in [0.3, 0.4) is 0 Å². The monoisotopic (exact) mass is 255 g/mol. The van der Waals surface area contributed by atoms with Crippen molar-refractivity contribution in [3.63, 3.8) is 0 Å². The maximum atomic E-state index is 11.0. The molecule has 0 saturated heterocycles. The molecule has 0 saturated carbocycles. The van der Waals surface area contributed by atoms with Gasteiger partial charge in [0.25, 0.3) is 0 Å². The molecule has 1 unspecified atom stereocenters. The fourth-order valence-electron chi connectivity index (χ4n) is 2.21. The lowest BCUT2D eigenvalue weighted by molar-refractivity contribution is -0.137. The summed E-state index contributed by atoms with van der Waals surface area (Å²) < 4.78 is 0. The van der Waals surface area contributed by atoms with E-state index in [0.717, 1.165) is 5.69 Å². The molecule has 2 rings (SSSR count). The molecule has 0 aliphatic carbocycles. The van der Waals surface area contributed by atoms with Crippen LogP contribution in [0, 0.1) is 6.92 Å². The van der Waals surface area contributed by atoms with Crippen LogP contribution in [0.4, 0.5) is 0 Å². The number of carboxylic acids is 1. The average Bonchev–Trinajstić information content (AvgIpc) is 2.41. The van der Waals surface area contributed by atoms with Crippen molar-refractivity contribution in [2.45, 2.75) is 25.7 Å². The van der Waals surface area contributed by atoms with Gasteiger partial charge in [-0.25, -0.2) is 0 Å². The molecule has 19 heavy (non-hydrogen) atoms. The zero-order valence-electron chi connectivity index (χ0n) is 10.9. The first-order chi connectivity index (χ1) is 9.16. The number of aliphatic carboxylic acids is 1. The number of carboxylic acid groups (broad SMARTS) is 1. The number of carbonyl (C=O) groups is 1. The van der Waals surface area contributed by atoms with Crippen LogP contribution in [-0.2, 0) is 11.2 Å². The third-order valence-electron chi connectivity index (χ3n) is 3.25. The molecule has 1 aromatic carbocycles. The van der Waals surface area contributed by atoms with Crippen LogP contribution in [0.25, 0.3) is 0 Å². The fourth-order valence-corrected chi connectivity index (χ4v) is 2.21. The van der Waals surface area contributed by atoms with E-state index in [9.17, 15) is 4.79 Å². The number of pyridine rings is 1. The average molecular weight is 255 g/mol. The van der Waals surface area contributed by atoms with Gasteiger partial charge >= 0.3 is 5.97 Å². The number of rotatable bonds is 5. The lowest BCUT2D eigenvalue weighted by atomic mass is 9.91. The Kier molecular flexibility index (Phi) is 4.29. The third kappa shape index (κ3) is 3.65. The Morgan fingerprint density at radius 1 is 1.21 bits per heavy atom. The summed E-state index contributed by atoms with van der Waals surface area (Å²) in [5.74, 6) is -0.871. The minimum atomic E-state index is -0.788. The molecule has 2 aromatic rings. The predicted octanol–water partition coefficient (Wildman–Crippen LogP) is 3.19. The fraction of sp³-hybridized carbons (Fsp3) is 0.250. The van der Waals surface area contributed by atoms with Gasteiger partial charge in [0.15, 0.2) is 0 Å². The van der Waals surface area contributed by atoms with Crippen LogP contribution >= 0.6 is 0 Å². The van der Waals surface area contributed by atoms with Gasteiger partial charge in [-0.15, -0.1) is 0 Å². The SMILES string of the molecule is Cc1ccccc1CC(CC(=O)O)c1ccccn1. The summed E-state index contributed by atoms with van der Waals surface area (Å²) in [6.45, 7) is 2.05. The molecule has 0 aliphatic rings. The highest BCUT2D eigenvalue weighted by atomic mass is 16.4. The molecule has 1 atom stereocenters. The molecule has 0 amide bonds. The molecule has 0 radical (unpaired) electrons. The number of aryl methyl sites for hydroxylation is 1. The van der Waals surface area contributed by atoms with E-state index in [0.29, 0.717) is 6.42 Å². The largest absolute Gasteiger partial charge is 0.481 e. The lowest BCUT2D eigenvalue weighted by Gasteiger charge is -2.15. The molecule has 0 spiro atoms. The minimum Gasteiger partial charge on any atom is -0.481 e. The second-order valence-electron chi connectivity index (χ2n) is 4.68. The van der Waals surface area contributed by atoms with Crippen LogP contribution in [0.15, 0.2) is 48.7 Å². The van der Waals surface area contributed by atoms with Crippen molar-refractivity contribution in [1.82, 2.24) is 4.98 Å². The van der Waals surface area contributed by atoms with Crippen LogP contribution in [0.5, 0.6) is 0 Å². The first-order valence-corrected chi connectivity index (χ1v) is 6.34. The molecule has 1 N–H and O–H groups in total. The van der Waals surface area contributed by atoms with Crippen LogP contribution < -0.4 is 0 Å². The zero-order chi connectivity index (χ0) is 13.7. The Bertz CT molecular complexity index is 552. The Hall–Kier alpha value is -2.16. The first-order valence-electron chi connectivity index (χ1n) is 6.34. The number of nitrogens with zero attached hydrogens (tertiary/aromatic N) is 1. The molecule has 3 heteroatoms. The van der Waals surface area contributed by atoms with E-state index >= 15 is 0 Å². The van der Waals surface area contributed by atoms with Gasteiger partial charge in [-0.2, -0.15) is 0 Å². The molecule has 0 aliphatic heterocycles. The van der Waals surface area contributed by atoms with Crippen molar-refractivity contribution in [3.8, 4) is 0 Å². The van der Waals surface area contributed by atoms with E-state index < -0.39 is 5.97 Å². The van der Waals surface area contributed by atoms with E-state index in [-0.39, 0.29) is 12.3 Å². The molecule has 0 fully saturated rings. The van der Waals surface area contributed by atoms with E-state index in [2.05, 4.69) is 4.98 Å². The predicted molar refractivity (Wildman–Crippen MR) is 74.1 cm³/mol. The van der Waals surface area contributed by atoms with Gasteiger partial charge in [-0.05, 0) is 36.6 Å². The zero-order valence-corrected chi connectivity index (χ0v) is 10.9. The van der Waals surface area contributed by atoms with E-state index in [1.54, 1.807) is 6.20 Å². The number of hydrogen-bond acceptors (Lipinski definition) is 2. The number of aromatic nitrogens is 1. The van der Waals surface area contributed by atoms with Crippen molar-refractivity contribution in [2.75, 3.05) is 0 Å². The van der Waals surface area contributed by atoms with Crippen molar-refractivity contribution >= 4 is 5.97 Å². The summed E-state index contributed by atoms with van der Waals surface area (Å²) in [5.41, 5.74) is 3.21. The third-order valence-corrected chi connectivity index (χ3v) is 3.25. The molecule has 0 bridgehead atoms. The van der Waals surface area contributed by atoms with Gasteiger partial charge in [0.1, 0.15) is 0 Å². The Morgan fingerprint density at radius 2 is 1.95 bits per heavy atom. The Balaban J connectivity index is 2.24. The van der Waals surface area contributed by atoms with Crippen molar-refractivity contribution in [3.05, 3.63) is 65.5 Å². The molecule has 98 valence electrons. The van der Waals surface area contributed by atoms with Crippen molar-refractivity contribution in [1.29, 1.82) is 0 Å². The van der Waals surface area contributed by atoms with Gasteiger partial charge in [0.05, 0.1) is 6.42 Å². The maximum absolute atomic E-state index is 11.0. The molecule has 1 aromatic heterocycles. The normalized spacial score (nSPS) is 12.1. The topological polar surface area (TPSA) is 50.2 Å². The van der Waals surface area contributed by atoms with Gasteiger partial charge in [0.2, 0.25) is 0 Å². The minimum absolute atomic E-state index is 0.0835. The van der Waals surface area contributed by atoms with Crippen molar-refractivity contribution < 1.29 is 9.90 Å². The highest BCUT2D eigenvalue weighted by Crippen LogP contribution is 2.24. The van der Waals surface area contributed by atoms with E-state index in [1.807, 2.05) is 49.4 Å². The number of benzene rings is 1. The maximum Gasteiger partial charge on any atom is 0.304 e. The second kappa shape index (κ2) is 6.14.